The molecule has 0 fully saturated rings. The molecule has 0 saturated heterocycles. The van der Waals surface area contributed by atoms with Crippen LogP contribution in [-0.2, 0) is 23.5 Å². The first-order chi connectivity index (χ1) is 11.3. The number of nitrogens with one attached hydrogen (secondary N) is 2. The van der Waals surface area contributed by atoms with Gasteiger partial charge in [0.25, 0.3) is 0 Å². The maximum absolute atomic E-state index is 11.7. The topological polar surface area (TPSA) is 168 Å². The van der Waals surface area contributed by atoms with E-state index in [0.29, 0.717) is 12.3 Å². The van der Waals surface area contributed by atoms with Gasteiger partial charge >= 0.3 is 0 Å². The van der Waals surface area contributed by atoms with Crippen LogP contribution in [0.5, 0.6) is 0 Å². The third kappa shape index (κ3) is 13.9. The quantitative estimate of drug-likeness (QED) is 0.270. The molecule has 0 saturated carbocycles. The van der Waals surface area contributed by atoms with E-state index in [2.05, 4.69) is 15.2 Å². The highest BCUT2D eigenvalue weighted by Crippen LogP contribution is 2.35. The average Bonchev–Trinajstić information content (AvgIpc) is 2.39. The van der Waals surface area contributed by atoms with Gasteiger partial charge in [0.2, 0.25) is 11.8 Å². The number of aliphatic hydroxyl groups excluding tert-OH is 1. The van der Waals surface area contributed by atoms with Crippen molar-refractivity contribution in [1.29, 1.82) is 0 Å². The lowest BCUT2D eigenvalue weighted by atomic mass is 10.0. The summed E-state index contributed by atoms with van der Waals surface area (Å²) in [6.45, 7) is 4.20. The van der Waals surface area contributed by atoms with Crippen LogP contribution in [0.25, 0.3) is 0 Å². The van der Waals surface area contributed by atoms with Crippen LogP contribution in [0.1, 0.15) is 33.6 Å². The molecule has 0 spiro atoms. The molecule has 0 aromatic carbocycles. The van der Waals surface area contributed by atoms with Crippen molar-refractivity contribution in [2.45, 2.75) is 45.3 Å². The predicted molar refractivity (Wildman–Crippen MR) is 87.2 cm³/mol. The Labute approximate surface area is 150 Å². The third-order valence-corrected chi connectivity index (χ3v) is 4.26. The number of phosphoric acid groups is 1. The van der Waals surface area contributed by atoms with E-state index in [1.54, 1.807) is 0 Å². The lowest BCUT2D eigenvalue weighted by molar-refractivity contribution is -0.349. The van der Waals surface area contributed by atoms with Gasteiger partial charge in [-0.15, -0.1) is 0 Å². The fraction of sp³-hybridized carbons (Fsp3) is 0.769. The van der Waals surface area contributed by atoms with E-state index < -0.39 is 31.9 Å². The number of phosphoric ester groups is 1. The van der Waals surface area contributed by atoms with E-state index in [9.17, 15) is 33.8 Å². The zero-order valence-corrected chi connectivity index (χ0v) is 16.0. The minimum atomic E-state index is -5.25. The zero-order valence-electron chi connectivity index (χ0n) is 14.3. The van der Waals surface area contributed by atoms with Crippen LogP contribution >= 0.6 is 19.6 Å². The highest BCUT2D eigenvalue weighted by atomic mass is 32.2. The third-order valence-electron chi connectivity index (χ3n) is 2.73. The van der Waals surface area contributed by atoms with Gasteiger partial charge in [0, 0.05) is 38.6 Å². The van der Waals surface area contributed by atoms with Gasteiger partial charge in [-0.05, 0) is 13.8 Å². The molecule has 0 aliphatic carbocycles. The number of thioether (sulfide) groups is 1. The first-order valence-electron chi connectivity index (χ1n) is 7.41. The molecule has 10 nitrogen and oxygen atoms in total. The maximum atomic E-state index is 11.7. The van der Waals surface area contributed by atoms with Crippen LogP contribution in [0.15, 0.2) is 0 Å². The van der Waals surface area contributed by atoms with Crippen molar-refractivity contribution in [2.24, 2.45) is 0 Å². The normalized spacial score (nSPS) is 13.2. The summed E-state index contributed by atoms with van der Waals surface area (Å²) in [6.07, 6.45) is -2.04. The molecule has 2 amide bonds. The molecule has 0 bridgehead atoms. The molecule has 3 N–H and O–H groups in total. The summed E-state index contributed by atoms with van der Waals surface area (Å²) in [5.41, 5.74) is -1.54. The molecule has 0 aliphatic heterocycles. The van der Waals surface area contributed by atoms with Crippen LogP contribution in [-0.4, -0.2) is 52.6 Å². The molecule has 1 atom stereocenters. The summed E-state index contributed by atoms with van der Waals surface area (Å²) in [5, 5.41) is 14.5. The monoisotopic (exact) mass is 398 g/mol. The highest BCUT2D eigenvalue weighted by Gasteiger charge is 2.28. The van der Waals surface area contributed by atoms with E-state index in [4.69, 9.17) is 0 Å². The van der Waals surface area contributed by atoms with Crippen molar-refractivity contribution < 1.29 is 38.4 Å². The molecule has 146 valence electrons. The summed E-state index contributed by atoms with van der Waals surface area (Å²) >= 11 is 1.08. The van der Waals surface area contributed by atoms with Crippen molar-refractivity contribution in [3.8, 4) is 0 Å². The van der Waals surface area contributed by atoms with Crippen molar-refractivity contribution in [1.82, 2.24) is 10.6 Å². The second-order valence-corrected chi connectivity index (χ2v) is 8.10. The van der Waals surface area contributed by atoms with Gasteiger partial charge in [-0.3, -0.25) is 14.4 Å². The number of hydrogen-bond acceptors (Lipinski definition) is 9. The molecule has 0 aromatic rings. The summed E-state index contributed by atoms with van der Waals surface area (Å²) < 4.78 is 14.9. The molecular formula is C13H23N2O8PS-2. The molecule has 0 heterocycles. The van der Waals surface area contributed by atoms with Crippen LogP contribution in [0.4, 0.5) is 0 Å². The fourth-order valence-corrected chi connectivity index (χ4v) is 2.96. The largest absolute Gasteiger partial charge is 0.790 e. The minimum absolute atomic E-state index is 0.0284. The SMILES string of the molecule is CC(=O)SCCNC(=O)CCNC(=O)[C@H](O)CC(C)(C)OP(=O)([O-])[O-]. The molecule has 0 aromatic heterocycles. The van der Waals surface area contributed by atoms with Crippen LogP contribution in [0, 0.1) is 0 Å². The zero-order chi connectivity index (χ0) is 19.7. The van der Waals surface area contributed by atoms with Crippen molar-refractivity contribution in [3.05, 3.63) is 0 Å². The summed E-state index contributed by atoms with van der Waals surface area (Å²) in [5.74, 6) is -0.700. The van der Waals surface area contributed by atoms with Gasteiger partial charge in [-0.1, -0.05) is 11.8 Å². The summed E-state index contributed by atoms with van der Waals surface area (Å²) in [6, 6.07) is 0. The first kappa shape index (κ1) is 24.0. The lowest BCUT2D eigenvalue weighted by Gasteiger charge is -2.38. The first-order valence-corrected chi connectivity index (χ1v) is 9.86. The Bertz CT molecular complexity index is 522. The number of carbonyl (C=O) groups excluding carboxylic acids is 3. The Morgan fingerprint density at radius 1 is 1.24 bits per heavy atom. The highest BCUT2D eigenvalue weighted by molar-refractivity contribution is 8.13. The van der Waals surface area contributed by atoms with Gasteiger partial charge in [-0.2, -0.15) is 0 Å². The van der Waals surface area contributed by atoms with Crippen LogP contribution in [0.3, 0.4) is 0 Å². The Kier molecular flexibility index (Phi) is 10.5. The Morgan fingerprint density at radius 3 is 2.36 bits per heavy atom. The molecule has 12 heteroatoms. The molecule has 0 rings (SSSR count). The smallest absolute Gasteiger partial charge is 0.248 e. The second-order valence-electron chi connectivity index (χ2n) is 5.75. The maximum Gasteiger partial charge on any atom is 0.248 e. The Hall–Kier alpha value is -0.970. The van der Waals surface area contributed by atoms with Crippen molar-refractivity contribution >= 4 is 36.5 Å². The van der Waals surface area contributed by atoms with E-state index in [0.717, 1.165) is 11.8 Å². The number of carbonyl (C=O) groups is 3. The fourth-order valence-electron chi connectivity index (χ4n) is 1.79. The molecule has 0 radical (unpaired) electrons. The van der Waals surface area contributed by atoms with Crippen molar-refractivity contribution in [2.75, 3.05) is 18.8 Å². The predicted octanol–water partition coefficient (Wildman–Crippen LogP) is -1.74. The van der Waals surface area contributed by atoms with Crippen LogP contribution < -0.4 is 20.4 Å². The molecule has 0 unspecified atom stereocenters. The second kappa shape index (κ2) is 10.9. The number of hydrogen-bond donors (Lipinski definition) is 3. The summed E-state index contributed by atoms with van der Waals surface area (Å²) in [7, 11) is -5.25. The Morgan fingerprint density at radius 2 is 1.84 bits per heavy atom. The van der Waals surface area contributed by atoms with E-state index in [1.807, 2.05) is 0 Å². The lowest BCUT2D eigenvalue weighted by Crippen LogP contribution is -2.42. The van der Waals surface area contributed by atoms with Gasteiger partial charge < -0.3 is 34.6 Å². The van der Waals surface area contributed by atoms with Crippen LogP contribution in [0.2, 0.25) is 0 Å². The van der Waals surface area contributed by atoms with Crippen molar-refractivity contribution in [3.63, 3.8) is 0 Å². The molecular weight excluding hydrogens is 375 g/mol. The number of rotatable bonds is 11. The van der Waals surface area contributed by atoms with Gasteiger partial charge in [0.15, 0.2) is 5.12 Å². The molecule has 0 aliphatic rings. The van der Waals surface area contributed by atoms with E-state index in [1.165, 1.54) is 20.8 Å². The average molecular weight is 398 g/mol. The van der Waals surface area contributed by atoms with E-state index >= 15 is 0 Å². The number of amides is 2. The van der Waals surface area contributed by atoms with Gasteiger partial charge in [0.05, 0.1) is 13.4 Å². The number of aliphatic hydroxyl groups is 1. The van der Waals surface area contributed by atoms with Gasteiger partial charge in [0.1, 0.15) is 6.10 Å². The Balaban J connectivity index is 4.07. The standard InChI is InChI=1S/C13H25N2O8PS/c1-9(16)25-7-6-14-11(18)4-5-15-12(19)10(17)8-13(2,3)23-24(20,21)22/h10,17H,4-8H2,1-3H3,(H,14,18)(H,15,19)(H2,20,21,22)/p-2/t10-/m1/s1. The van der Waals surface area contributed by atoms with Gasteiger partial charge in [-0.25, -0.2) is 0 Å². The minimum Gasteiger partial charge on any atom is -0.790 e. The summed E-state index contributed by atoms with van der Waals surface area (Å²) in [4.78, 5) is 55.1. The molecule has 25 heavy (non-hydrogen) atoms. The van der Waals surface area contributed by atoms with E-state index in [-0.39, 0.29) is 24.0 Å².